The Balaban J connectivity index is 1.65. The normalized spacial score (nSPS) is 17.6. The first-order valence-corrected chi connectivity index (χ1v) is 8.02. The molecular formula is C13H13N3O3S2. The molecule has 0 radical (unpaired) electrons. The zero-order chi connectivity index (χ0) is 14.7. The van der Waals surface area contributed by atoms with Gasteiger partial charge < -0.3 is 14.8 Å². The topological polar surface area (TPSA) is 73.3 Å². The average molecular weight is 323 g/mol. The van der Waals surface area contributed by atoms with E-state index in [1.54, 1.807) is 7.11 Å². The van der Waals surface area contributed by atoms with Crippen LogP contribution < -0.4 is 10.1 Å². The van der Waals surface area contributed by atoms with Gasteiger partial charge in [-0.25, -0.2) is 0 Å². The highest BCUT2D eigenvalue weighted by Crippen LogP contribution is 2.34. The molecule has 110 valence electrons. The monoisotopic (exact) mass is 323 g/mol. The summed E-state index contributed by atoms with van der Waals surface area (Å²) >= 11 is 2.82. The van der Waals surface area contributed by atoms with Gasteiger partial charge in [0.05, 0.1) is 13.7 Å². The lowest BCUT2D eigenvalue weighted by Crippen LogP contribution is -2.08. The molecule has 0 spiro atoms. The third kappa shape index (κ3) is 3.45. The molecule has 0 amide bonds. The predicted molar refractivity (Wildman–Crippen MR) is 81.4 cm³/mol. The number of aromatic nitrogens is 2. The fourth-order valence-electron chi connectivity index (χ4n) is 1.84. The number of carbonyl (C=O) groups excluding carboxylic acids is 1. The molecule has 8 heteroatoms. The summed E-state index contributed by atoms with van der Waals surface area (Å²) in [5, 5.41) is 11.8. The lowest BCUT2D eigenvalue weighted by molar-refractivity contribution is -0.137. The van der Waals surface area contributed by atoms with Crippen molar-refractivity contribution >= 4 is 39.9 Å². The molecule has 1 atom stereocenters. The number of benzene rings is 1. The number of methoxy groups -OCH3 is 1. The maximum absolute atomic E-state index is 11.4. The molecule has 3 rings (SSSR count). The highest BCUT2D eigenvalue weighted by molar-refractivity contribution is 8.02. The number of hydrogen-bond acceptors (Lipinski definition) is 8. The van der Waals surface area contributed by atoms with E-state index in [1.165, 1.54) is 23.1 Å². The highest BCUT2D eigenvalue weighted by Gasteiger charge is 2.28. The second-order valence-corrected chi connectivity index (χ2v) is 6.72. The fraction of sp³-hybridized carbons (Fsp3) is 0.308. The first kappa shape index (κ1) is 14.2. The molecule has 1 saturated heterocycles. The number of anilines is 2. The first-order chi connectivity index (χ1) is 10.2. The molecule has 1 aromatic carbocycles. The van der Waals surface area contributed by atoms with Crippen LogP contribution in [-0.4, -0.2) is 35.1 Å². The Bertz CT molecular complexity index is 647. The van der Waals surface area contributed by atoms with Gasteiger partial charge in [-0.15, -0.1) is 10.2 Å². The number of nitrogens with zero attached hydrogens (tertiary/aromatic N) is 2. The zero-order valence-electron chi connectivity index (χ0n) is 11.2. The number of esters is 1. The molecule has 1 aliphatic heterocycles. The summed E-state index contributed by atoms with van der Waals surface area (Å²) in [5.74, 6) is 0.602. The molecule has 1 fully saturated rings. The number of hydrogen-bond donors (Lipinski definition) is 1. The van der Waals surface area contributed by atoms with Crippen LogP contribution in [0.2, 0.25) is 0 Å². The smallest absolute Gasteiger partial charge is 0.319 e. The largest absolute Gasteiger partial charge is 0.497 e. The van der Waals surface area contributed by atoms with Crippen LogP contribution in [0.5, 0.6) is 5.75 Å². The molecular weight excluding hydrogens is 310 g/mol. The zero-order valence-corrected chi connectivity index (χ0v) is 12.9. The van der Waals surface area contributed by atoms with Crippen LogP contribution in [-0.2, 0) is 9.53 Å². The number of rotatable bonds is 5. The van der Waals surface area contributed by atoms with Crippen molar-refractivity contribution in [3.05, 3.63) is 24.3 Å². The van der Waals surface area contributed by atoms with Crippen molar-refractivity contribution in [3.63, 3.8) is 0 Å². The second-order valence-electron chi connectivity index (χ2n) is 4.29. The summed E-state index contributed by atoms with van der Waals surface area (Å²) < 4.78 is 10.9. The van der Waals surface area contributed by atoms with E-state index in [4.69, 9.17) is 9.47 Å². The van der Waals surface area contributed by atoms with Crippen LogP contribution in [0, 0.1) is 0 Å². The summed E-state index contributed by atoms with van der Waals surface area (Å²) in [4.78, 5) is 11.4. The summed E-state index contributed by atoms with van der Waals surface area (Å²) in [5.41, 5.74) is 0.877. The first-order valence-electron chi connectivity index (χ1n) is 6.32. The minimum atomic E-state index is -0.169. The lowest BCUT2D eigenvalue weighted by Gasteiger charge is -2.04. The van der Waals surface area contributed by atoms with Crippen molar-refractivity contribution in [2.75, 3.05) is 19.0 Å². The molecule has 21 heavy (non-hydrogen) atoms. The maximum Gasteiger partial charge on any atom is 0.319 e. The molecule has 2 aromatic rings. The molecule has 0 bridgehead atoms. The van der Waals surface area contributed by atoms with Crippen LogP contribution in [0.15, 0.2) is 28.6 Å². The van der Waals surface area contributed by atoms with Gasteiger partial charge in [0.1, 0.15) is 11.0 Å². The van der Waals surface area contributed by atoms with E-state index in [9.17, 15) is 4.79 Å². The highest BCUT2D eigenvalue weighted by atomic mass is 32.2. The van der Waals surface area contributed by atoms with Crippen molar-refractivity contribution in [1.82, 2.24) is 10.2 Å². The minimum Gasteiger partial charge on any atom is -0.497 e. The van der Waals surface area contributed by atoms with Crippen molar-refractivity contribution in [2.24, 2.45) is 0 Å². The molecule has 1 aliphatic rings. The number of thioether (sulfide) groups is 1. The van der Waals surface area contributed by atoms with Gasteiger partial charge in [-0.05, 0) is 12.1 Å². The van der Waals surface area contributed by atoms with Gasteiger partial charge in [0.2, 0.25) is 5.13 Å². The van der Waals surface area contributed by atoms with E-state index in [2.05, 4.69) is 15.5 Å². The summed E-state index contributed by atoms with van der Waals surface area (Å²) in [6.45, 7) is 0.490. The van der Waals surface area contributed by atoms with Crippen LogP contribution in [0.4, 0.5) is 10.8 Å². The third-order valence-corrected chi connectivity index (χ3v) is 5.03. The van der Waals surface area contributed by atoms with Gasteiger partial charge in [0.15, 0.2) is 4.34 Å². The van der Waals surface area contributed by atoms with E-state index in [-0.39, 0.29) is 11.2 Å². The van der Waals surface area contributed by atoms with Crippen LogP contribution in [0.25, 0.3) is 0 Å². The predicted octanol–water partition coefficient (Wildman–Crippen LogP) is 2.70. The lowest BCUT2D eigenvalue weighted by atomic mass is 10.3. The van der Waals surface area contributed by atoms with E-state index < -0.39 is 0 Å². The van der Waals surface area contributed by atoms with Crippen LogP contribution >= 0.6 is 23.1 Å². The van der Waals surface area contributed by atoms with Gasteiger partial charge in [-0.3, -0.25) is 4.79 Å². The van der Waals surface area contributed by atoms with E-state index in [1.807, 2.05) is 24.3 Å². The fourth-order valence-corrected chi connectivity index (χ4v) is 3.82. The second kappa shape index (κ2) is 6.31. The van der Waals surface area contributed by atoms with Gasteiger partial charge in [0.25, 0.3) is 0 Å². The molecule has 1 N–H and O–H groups in total. The quantitative estimate of drug-likeness (QED) is 0.848. The molecule has 0 saturated carbocycles. The molecule has 1 aromatic heterocycles. The molecule has 6 nitrogen and oxygen atoms in total. The Hall–Kier alpha value is -1.80. The Kier molecular flexibility index (Phi) is 4.26. The Labute approximate surface area is 129 Å². The Morgan fingerprint density at radius 1 is 1.48 bits per heavy atom. The van der Waals surface area contributed by atoms with Crippen LogP contribution in [0.3, 0.4) is 0 Å². The average Bonchev–Trinajstić information content (AvgIpc) is 3.10. The van der Waals surface area contributed by atoms with Gasteiger partial charge in [0, 0.05) is 18.2 Å². The Morgan fingerprint density at radius 3 is 3.14 bits per heavy atom. The third-order valence-electron chi connectivity index (χ3n) is 2.86. The van der Waals surface area contributed by atoms with Gasteiger partial charge in [-0.2, -0.15) is 0 Å². The number of carbonyl (C=O) groups is 1. The van der Waals surface area contributed by atoms with Gasteiger partial charge in [-0.1, -0.05) is 29.2 Å². The maximum atomic E-state index is 11.4. The Morgan fingerprint density at radius 2 is 2.38 bits per heavy atom. The molecule has 0 unspecified atom stereocenters. The van der Waals surface area contributed by atoms with E-state index >= 15 is 0 Å². The molecule has 0 aliphatic carbocycles. The van der Waals surface area contributed by atoms with Crippen molar-refractivity contribution in [2.45, 2.75) is 16.0 Å². The number of cyclic esters (lactones) is 1. The van der Waals surface area contributed by atoms with Crippen molar-refractivity contribution in [1.29, 1.82) is 0 Å². The molecule has 2 heterocycles. The van der Waals surface area contributed by atoms with Crippen molar-refractivity contribution in [3.8, 4) is 5.75 Å². The summed E-state index contributed by atoms with van der Waals surface area (Å²) in [6.07, 6.45) is 0.724. The standard InChI is InChI=1S/C13H13N3O3S2/c1-18-9-4-2-3-8(7-9)14-12-15-16-13(21-12)20-10-5-6-19-11(10)17/h2-4,7,10H,5-6H2,1H3,(H,14,15)/t10-/m0/s1. The summed E-state index contributed by atoms with van der Waals surface area (Å²) in [7, 11) is 1.62. The minimum absolute atomic E-state index is 0.164. The van der Waals surface area contributed by atoms with E-state index in [0.29, 0.717) is 11.7 Å². The number of nitrogens with one attached hydrogen (secondary N) is 1. The van der Waals surface area contributed by atoms with Crippen molar-refractivity contribution < 1.29 is 14.3 Å². The van der Waals surface area contributed by atoms with Crippen LogP contribution in [0.1, 0.15) is 6.42 Å². The SMILES string of the molecule is COc1cccc(Nc2nnc(S[C@H]3CCOC3=O)s2)c1. The summed E-state index contributed by atoms with van der Waals surface area (Å²) in [6, 6.07) is 7.57. The van der Waals surface area contributed by atoms with E-state index in [0.717, 1.165) is 22.2 Å². The number of ether oxygens (including phenoxy) is 2. The van der Waals surface area contributed by atoms with Gasteiger partial charge >= 0.3 is 5.97 Å².